The number of imidazole rings is 1. The molecule has 1 aromatic carbocycles. The monoisotopic (exact) mass is 362 g/mol. The molecular weight excluding hydrogens is 347 g/mol. The van der Waals surface area contributed by atoms with Crippen LogP contribution in [0.2, 0.25) is 10.0 Å². The van der Waals surface area contributed by atoms with Gasteiger partial charge in [-0.05, 0) is 42.7 Å². The van der Waals surface area contributed by atoms with E-state index < -0.39 is 0 Å². The summed E-state index contributed by atoms with van der Waals surface area (Å²) in [6.45, 7) is 0.137. The van der Waals surface area contributed by atoms with Crippen molar-refractivity contribution in [2.75, 3.05) is 13.7 Å². The third-order valence-electron chi connectivity index (χ3n) is 4.72. The zero-order valence-corrected chi connectivity index (χ0v) is 14.6. The van der Waals surface area contributed by atoms with E-state index in [1.54, 1.807) is 19.2 Å². The summed E-state index contributed by atoms with van der Waals surface area (Å²) >= 11 is 12.6. The van der Waals surface area contributed by atoms with E-state index in [1.807, 2.05) is 28.9 Å². The Balaban J connectivity index is 1.86. The Kier molecular flexibility index (Phi) is 3.71. The predicted molar refractivity (Wildman–Crippen MR) is 95.2 cm³/mol. The van der Waals surface area contributed by atoms with Gasteiger partial charge in [0.15, 0.2) is 0 Å². The number of nitrogens with zero attached hydrogens (tertiary/aromatic N) is 2. The van der Waals surface area contributed by atoms with Crippen LogP contribution in [0.3, 0.4) is 0 Å². The molecule has 0 radical (unpaired) electrons. The number of halogens is 2. The second kappa shape index (κ2) is 5.66. The van der Waals surface area contributed by atoms with Gasteiger partial charge >= 0.3 is 0 Å². The fourth-order valence-corrected chi connectivity index (χ4v) is 3.43. The number of fused-ring (bicyclic) bond motifs is 1. The zero-order valence-electron chi connectivity index (χ0n) is 13.1. The number of ether oxygens (including phenoxy) is 1. The summed E-state index contributed by atoms with van der Waals surface area (Å²) in [6, 6.07) is 7.43. The van der Waals surface area contributed by atoms with Crippen LogP contribution in [0.1, 0.15) is 18.5 Å². The minimum absolute atomic E-state index is 0.137. The van der Waals surface area contributed by atoms with Gasteiger partial charge in [0.25, 0.3) is 0 Å². The Hall–Kier alpha value is -1.75. The van der Waals surface area contributed by atoms with E-state index in [0.29, 0.717) is 15.8 Å². The maximum Gasteiger partial charge on any atom is 0.137 e. The lowest BCUT2D eigenvalue weighted by Crippen LogP contribution is -2.11. The van der Waals surface area contributed by atoms with Crippen LogP contribution < -0.4 is 4.74 Å². The van der Waals surface area contributed by atoms with Gasteiger partial charge < -0.3 is 14.2 Å². The number of benzene rings is 1. The van der Waals surface area contributed by atoms with E-state index in [-0.39, 0.29) is 12.0 Å². The number of aromatic nitrogens is 2. The van der Waals surface area contributed by atoms with E-state index in [1.165, 1.54) is 0 Å². The largest absolute Gasteiger partial charge is 0.496 e. The highest BCUT2D eigenvalue weighted by molar-refractivity contribution is 6.44. The number of pyridine rings is 1. The summed E-state index contributed by atoms with van der Waals surface area (Å²) in [7, 11) is 1.60. The summed E-state index contributed by atoms with van der Waals surface area (Å²) in [5.74, 6) is 0.662. The van der Waals surface area contributed by atoms with Crippen LogP contribution in [-0.2, 0) is 5.41 Å². The molecule has 0 unspecified atom stereocenters. The average molecular weight is 363 g/mol. The third-order valence-corrected chi connectivity index (χ3v) is 5.53. The minimum atomic E-state index is -0.155. The summed E-state index contributed by atoms with van der Waals surface area (Å²) in [5, 5.41) is 10.5. The molecule has 0 atom stereocenters. The van der Waals surface area contributed by atoms with Gasteiger partial charge in [0, 0.05) is 23.4 Å². The molecule has 2 heterocycles. The van der Waals surface area contributed by atoms with Crippen molar-refractivity contribution in [3.05, 3.63) is 52.4 Å². The predicted octanol–water partition coefficient (Wildman–Crippen LogP) is 4.34. The smallest absolute Gasteiger partial charge is 0.137 e. The Morgan fingerprint density at radius 2 is 2.08 bits per heavy atom. The van der Waals surface area contributed by atoms with Gasteiger partial charge in [-0.15, -0.1) is 0 Å². The van der Waals surface area contributed by atoms with E-state index in [2.05, 4.69) is 0 Å². The molecule has 2 aromatic heterocycles. The Morgan fingerprint density at radius 1 is 1.29 bits per heavy atom. The molecule has 0 spiro atoms. The van der Waals surface area contributed by atoms with Crippen molar-refractivity contribution in [3.8, 4) is 16.9 Å². The van der Waals surface area contributed by atoms with Gasteiger partial charge in [-0.25, -0.2) is 4.98 Å². The van der Waals surface area contributed by atoms with Gasteiger partial charge in [0.05, 0.1) is 29.5 Å². The highest BCUT2D eigenvalue weighted by Gasteiger charge is 2.45. The van der Waals surface area contributed by atoms with Crippen molar-refractivity contribution in [1.82, 2.24) is 9.38 Å². The van der Waals surface area contributed by atoms with Gasteiger partial charge in [-0.2, -0.15) is 0 Å². The second-order valence-electron chi connectivity index (χ2n) is 6.18. The molecule has 24 heavy (non-hydrogen) atoms. The first-order valence-electron chi connectivity index (χ1n) is 7.70. The van der Waals surface area contributed by atoms with Gasteiger partial charge in [0.2, 0.25) is 0 Å². The van der Waals surface area contributed by atoms with E-state index in [0.717, 1.165) is 35.3 Å². The van der Waals surface area contributed by atoms with Gasteiger partial charge in [-0.1, -0.05) is 23.2 Å². The van der Waals surface area contributed by atoms with Crippen molar-refractivity contribution >= 4 is 28.8 Å². The zero-order chi connectivity index (χ0) is 16.9. The minimum Gasteiger partial charge on any atom is -0.496 e. The fraction of sp³-hybridized carbons (Fsp3) is 0.278. The molecule has 124 valence electrons. The van der Waals surface area contributed by atoms with E-state index in [9.17, 15) is 5.11 Å². The Bertz CT molecular complexity index is 932. The maximum atomic E-state index is 9.61. The van der Waals surface area contributed by atoms with Crippen molar-refractivity contribution in [2.45, 2.75) is 18.3 Å². The number of aliphatic hydroxyl groups excluding tert-OH is 1. The molecule has 1 N–H and O–H groups in total. The van der Waals surface area contributed by atoms with Crippen molar-refractivity contribution in [3.63, 3.8) is 0 Å². The third kappa shape index (κ3) is 2.37. The van der Waals surface area contributed by atoms with Gasteiger partial charge in [0.1, 0.15) is 11.4 Å². The molecule has 1 aliphatic rings. The molecule has 1 fully saturated rings. The molecule has 6 heteroatoms. The Labute approximate surface area is 149 Å². The number of methoxy groups -OCH3 is 1. The Morgan fingerprint density at radius 3 is 2.75 bits per heavy atom. The first-order valence-corrected chi connectivity index (χ1v) is 8.46. The first-order chi connectivity index (χ1) is 11.6. The summed E-state index contributed by atoms with van der Waals surface area (Å²) in [4.78, 5) is 4.70. The molecule has 0 aliphatic heterocycles. The SMILES string of the molecule is COc1ccc(Cl)c(Cl)c1-c1ccn2cc(C3(CO)CC3)nc2c1. The topological polar surface area (TPSA) is 46.8 Å². The van der Waals surface area contributed by atoms with E-state index >= 15 is 0 Å². The summed E-state index contributed by atoms with van der Waals surface area (Å²) < 4.78 is 7.39. The lowest BCUT2D eigenvalue weighted by molar-refractivity contribution is 0.253. The van der Waals surface area contributed by atoms with Crippen LogP contribution >= 0.6 is 23.2 Å². The fourth-order valence-electron chi connectivity index (χ4n) is 3.01. The number of rotatable bonds is 4. The summed E-state index contributed by atoms with van der Waals surface area (Å²) in [6.07, 6.45) is 5.88. The van der Waals surface area contributed by atoms with Gasteiger partial charge in [-0.3, -0.25) is 0 Å². The molecular formula is C18H16Cl2N2O2. The highest BCUT2D eigenvalue weighted by Crippen LogP contribution is 2.47. The van der Waals surface area contributed by atoms with Crippen LogP contribution in [0.25, 0.3) is 16.8 Å². The van der Waals surface area contributed by atoms with Crippen LogP contribution in [0.15, 0.2) is 36.7 Å². The maximum absolute atomic E-state index is 9.61. The van der Waals surface area contributed by atoms with Crippen LogP contribution in [-0.4, -0.2) is 28.2 Å². The van der Waals surface area contributed by atoms with Crippen molar-refractivity contribution < 1.29 is 9.84 Å². The van der Waals surface area contributed by atoms with Crippen LogP contribution in [0, 0.1) is 0 Å². The van der Waals surface area contributed by atoms with Crippen LogP contribution in [0.4, 0.5) is 0 Å². The molecule has 0 saturated heterocycles. The summed E-state index contributed by atoms with van der Waals surface area (Å²) in [5.41, 5.74) is 3.23. The molecule has 1 aliphatic carbocycles. The molecule has 4 nitrogen and oxygen atoms in total. The molecule has 3 aromatic rings. The molecule has 0 amide bonds. The normalized spacial score (nSPS) is 15.7. The molecule has 1 saturated carbocycles. The van der Waals surface area contributed by atoms with E-state index in [4.69, 9.17) is 32.9 Å². The standard InChI is InChI=1S/C18H16Cl2N2O2/c1-24-13-3-2-12(19)17(20)16(13)11-4-7-22-9-14(21-15(22)8-11)18(10-23)5-6-18/h2-4,7-9,23H,5-6,10H2,1H3. The average Bonchev–Trinajstić information content (AvgIpc) is 3.29. The number of aliphatic hydroxyl groups is 1. The van der Waals surface area contributed by atoms with Crippen molar-refractivity contribution in [2.24, 2.45) is 0 Å². The number of hydrogen-bond acceptors (Lipinski definition) is 3. The number of hydrogen-bond donors (Lipinski definition) is 1. The van der Waals surface area contributed by atoms with Crippen LogP contribution in [0.5, 0.6) is 5.75 Å². The quantitative estimate of drug-likeness (QED) is 0.750. The molecule has 4 rings (SSSR count). The lowest BCUT2D eigenvalue weighted by Gasteiger charge is -2.12. The lowest BCUT2D eigenvalue weighted by atomic mass is 10.1. The first kappa shape index (κ1) is 15.8. The highest BCUT2D eigenvalue weighted by atomic mass is 35.5. The molecule has 0 bridgehead atoms. The van der Waals surface area contributed by atoms with Crippen molar-refractivity contribution in [1.29, 1.82) is 0 Å². The second-order valence-corrected chi connectivity index (χ2v) is 6.97.